The monoisotopic (exact) mass is 292 g/mol. The number of hydrogen-bond donors (Lipinski definition) is 1. The van der Waals surface area contributed by atoms with Crippen molar-refractivity contribution in [3.8, 4) is 0 Å². The first-order chi connectivity index (χ1) is 9.52. The summed E-state index contributed by atoms with van der Waals surface area (Å²) in [5, 5.41) is 1.13. The lowest BCUT2D eigenvalue weighted by atomic mass is 10.2. The third-order valence-electron chi connectivity index (χ3n) is 3.41. The molecule has 110 valence electrons. The number of nitrogens with two attached hydrogens (primary N) is 1. The van der Waals surface area contributed by atoms with E-state index in [0.717, 1.165) is 22.6 Å². The summed E-state index contributed by atoms with van der Waals surface area (Å²) in [5.41, 5.74) is 5.88. The highest BCUT2D eigenvalue weighted by molar-refractivity contribution is 7.18. The Morgan fingerprint density at radius 1 is 1.30 bits per heavy atom. The van der Waals surface area contributed by atoms with Crippen molar-refractivity contribution in [2.45, 2.75) is 53.0 Å². The molecule has 2 N–H and O–H groups in total. The Morgan fingerprint density at radius 2 is 2.05 bits per heavy atom. The number of anilines is 2. The summed E-state index contributed by atoms with van der Waals surface area (Å²) in [4.78, 5) is 13.5. The highest BCUT2D eigenvalue weighted by Gasteiger charge is 2.17. The van der Waals surface area contributed by atoms with Gasteiger partial charge in [0.05, 0.1) is 5.39 Å². The largest absolute Gasteiger partial charge is 0.368 e. The Labute approximate surface area is 125 Å². The molecule has 0 fully saturated rings. The van der Waals surface area contributed by atoms with Crippen LogP contribution in [0.3, 0.4) is 0 Å². The molecule has 20 heavy (non-hydrogen) atoms. The van der Waals surface area contributed by atoms with Crippen molar-refractivity contribution < 1.29 is 0 Å². The maximum Gasteiger partial charge on any atom is 0.223 e. The second-order valence-electron chi connectivity index (χ2n) is 5.48. The number of rotatable bonds is 6. The van der Waals surface area contributed by atoms with Gasteiger partial charge in [-0.1, -0.05) is 19.8 Å². The van der Waals surface area contributed by atoms with Gasteiger partial charge in [-0.3, -0.25) is 0 Å². The van der Waals surface area contributed by atoms with E-state index in [1.807, 2.05) is 0 Å². The molecule has 0 aliphatic rings. The van der Waals surface area contributed by atoms with Gasteiger partial charge in [-0.25, -0.2) is 4.98 Å². The van der Waals surface area contributed by atoms with Gasteiger partial charge in [0, 0.05) is 17.5 Å². The minimum atomic E-state index is 0.371. The van der Waals surface area contributed by atoms with E-state index in [0.29, 0.717) is 12.0 Å². The van der Waals surface area contributed by atoms with E-state index in [1.54, 1.807) is 11.3 Å². The number of hydrogen-bond acceptors (Lipinski definition) is 5. The molecular weight excluding hydrogens is 268 g/mol. The number of nitrogens with zero attached hydrogens (tertiary/aromatic N) is 3. The fourth-order valence-electron chi connectivity index (χ4n) is 2.40. The number of aromatic nitrogens is 2. The maximum atomic E-state index is 5.88. The Hall–Kier alpha value is -1.36. The smallest absolute Gasteiger partial charge is 0.223 e. The van der Waals surface area contributed by atoms with E-state index in [2.05, 4.69) is 48.6 Å². The molecule has 0 aliphatic carbocycles. The predicted molar refractivity (Wildman–Crippen MR) is 88.6 cm³/mol. The fourth-order valence-corrected chi connectivity index (χ4v) is 3.28. The van der Waals surface area contributed by atoms with Crippen LogP contribution in [0, 0.1) is 6.92 Å². The molecule has 0 bridgehead atoms. The van der Waals surface area contributed by atoms with Crippen LogP contribution >= 0.6 is 11.3 Å². The molecule has 0 amide bonds. The lowest BCUT2D eigenvalue weighted by molar-refractivity contribution is 0.622. The van der Waals surface area contributed by atoms with Crippen LogP contribution in [0.25, 0.3) is 10.2 Å². The molecule has 2 heterocycles. The van der Waals surface area contributed by atoms with Crippen molar-refractivity contribution in [1.82, 2.24) is 9.97 Å². The number of nitrogen functional groups attached to an aromatic ring is 1. The van der Waals surface area contributed by atoms with Crippen LogP contribution in [0.1, 0.15) is 44.9 Å². The standard InChI is InChI=1S/C15H24N4S/c1-5-6-7-8-19(10(2)3)13-12-9-11(4)20-14(12)18-15(16)17-13/h9-10H,5-8H2,1-4H3,(H2,16,17,18). The summed E-state index contributed by atoms with van der Waals surface area (Å²) in [6, 6.07) is 2.58. The van der Waals surface area contributed by atoms with E-state index in [1.165, 1.54) is 24.1 Å². The van der Waals surface area contributed by atoms with Gasteiger partial charge in [0.15, 0.2) is 0 Å². The number of fused-ring (bicyclic) bond motifs is 1. The normalized spacial score (nSPS) is 11.4. The molecule has 0 aromatic carbocycles. The van der Waals surface area contributed by atoms with Crippen molar-refractivity contribution in [3.63, 3.8) is 0 Å². The predicted octanol–water partition coefficient (Wildman–Crippen LogP) is 3.99. The molecule has 2 aromatic rings. The summed E-state index contributed by atoms with van der Waals surface area (Å²) in [7, 11) is 0. The second-order valence-corrected chi connectivity index (χ2v) is 6.71. The molecule has 0 atom stereocenters. The third-order valence-corrected chi connectivity index (χ3v) is 4.36. The van der Waals surface area contributed by atoms with Crippen LogP contribution < -0.4 is 10.6 Å². The van der Waals surface area contributed by atoms with Crippen molar-refractivity contribution >= 4 is 33.3 Å². The number of aryl methyl sites for hydroxylation is 1. The summed E-state index contributed by atoms with van der Waals surface area (Å²) < 4.78 is 0. The zero-order valence-corrected chi connectivity index (χ0v) is 13.6. The van der Waals surface area contributed by atoms with Crippen molar-refractivity contribution in [3.05, 3.63) is 10.9 Å². The van der Waals surface area contributed by atoms with Crippen LogP contribution in [-0.4, -0.2) is 22.6 Å². The summed E-state index contributed by atoms with van der Waals surface area (Å²) in [6.07, 6.45) is 3.66. The van der Waals surface area contributed by atoms with Gasteiger partial charge in [0.25, 0.3) is 0 Å². The molecule has 5 heteroatoms. The SMILES string of the molecule is CCCCCN(c1nc(N)nc2sc(C)cc12)C(C)C. The molecule has 0 spiro atoms. The highest BCUT2D eigenvalue weighted by atomic mass is 32.1. The minimum absolute atomic E-state index is 0.371. The van der Waals surface area contributed by atoms with Gasteiger partial charge in [0.1, 0.15) is 10.6 Å². The van der Waals surface area contributed by atoms with Crippen molar-refractivity contribution in [2.75, 3.05) is 17.2 Å². The molecule has 0 unspecified atom stereocenters. The first-order valence-corrected chi connectivity index (χ1v) is 8.15. The summed E-state index contributed by atoms with van der Waals surface area (Å²) in [6.45, 7) is 9.75. The third kappa shape index (κ3) is 3.20. The summed E-state index contributed by atoms with van der Waals surface area (Å²) >= 11 is 1.68. The minimum Gasteiger partial charge on any atom is -0.368 e. The zero-order chi connectivity index (χ0) is 14.7. The Balaban J connectivity index is 2.41. The highest BCUT2D eigenvalue weighted by Crippen LogP contribution is 2.32. The fraction of sp³-hybridized carbons (Fsp3) is 0.600. The number of unbranched alkanes of at least 4 members (excludes halogenated alkanes) is 2. The van der Waals surface area contributed by atoms with Gasteiger partial charge in [-0.05, 0) is 33.3 Å². The van der Waals surface area contributed by atoms with E-state index in [-0.39, 0.29) is 0 Å². The molecule has 4 nitrogen and oxygen atoms in total. The average Bonchev–Trinajstić information content (AvgIpc) is 2.73. The van der Waals surface area contributed by atoms with E-state index >= 15 is 0 Å². The zero-order valence-electron chi connectivity index (χ0n) is 12.8. The van der Waals surface area contributed by atoms with Crippen molar-refractivity contribution in [1.29, 1.82) is 0 Å². The Morgan fingerprint density at radius 3 is 2.70 bits per heavy atom. The van der Waals surface area contributed by atoms with E-state index in [4.69, 9.17) is 5.73 Å². The van der Waals surface area contributed by atoms with Crippen molar-refractivity contribution in [2.24, 2.45) is 0 Å². The second kappa shape index (κ2) is 6.39. The molecule has 0 saturated heterocycles. The Bertz CT molecular complexity index is 577. The first-order valence-electron chi connectivity index (χ1n) is 7.33. The van der Waals surface area contributed by atoms with Gasteiger partial charge >= 0.3 is 0 Å². The van der Waals surface area contributed by atoms with Gasteiger partial charge in [-0.2, -0.15) is 4.98 Å². The van der Waals surface area contributed by atoms with Crippen LogP contribution in [0.15, 0.2) is 6.07 Å². The topological polar surface area (TPSA) is 55.0 Å². The quantitative estimate of drug-likeness (QED) is 0.818. The van der Waals surface area contributed by atoms with Crippen LogP contribution in [0.2, 0.25) is 0 Å². The van der Waals surface area contributed by atoms with Crippen LogP contribution in [0.4, 0.5) is 11.8 Å². The average molecular weight is 292 g/mol. The molecular formula is C15H24N4S. The molecule has 0 radical (unpaired) electrons. The maximum absolute atomic E-state index is 5.88. The van der Waals surface area contributed by atoms with Crippen LogP contribution in [-0.2, 0) is 0 Å². The first kappa shape index (κ1) is 15.0. The van der Waals surface area contributed by atoms with Gasteiger partial charge < -0.3 is 10.6 Å². The molecule has 0 saturated carbocycles. The lowest BCUT2D eigenvalue weighted by Gasteiger charge is -2.28. The van der Waals surface area contributed by atoms with Crippen LogP contribution in [0.5, 0.6) is 0 Å². The lowest BCUT2D eigenvalue weighted by Crippen LogP contribution is -2.32. The molecule has 0 aliphatic heterocycles. The van der Waals surface area contributed by atoms with Gasteiger partial charge in [-0.15, -0.1) is 11.3 Å². The van der Waals surface area contributed by atoms with E-state index < -0.39 is 0 Å². The van der Waals surface area contributed by atoms with E-state index in [9.17, 15) is 0 Å². The molecule has 2 rings (SSSR count). The Kier molecular flexibility index (Phi) is 4.81. The number of thiophene rings is 1. The molecule has 2 aromatic heterocycles. The summed E-state index contributed by atoms with van der Waals surface area (Å²) in [5.74, 6) is 1.36. The van der Waals surface area contributed by atoms with Gasteiger partial charge in [0.2, 0.25) is 5.95 Å².